The number of halogens is 2. The summed E-state index contributed by atoms with van der Waals surface area (Å²) >= 11 is 0. The molecule has 2 aliphatic heterocycles. The van der Waals surface area contributed by atoms with Crippen LogP contribution in [0, 0.1) is 5.41 Å². The lowest BCUT2D eigenvalue weighted by molar-refractivity contribution is 0.0512. The number of amides is 1. The van der Waals surface area contributed by atoms with Crippen LogP contribution < -0.4 is 15.5 Å². The van der Waals surface area contributed by atoms with E-state index in [9.17, 15) is 4.79 Å². The van der Waals surface area contributed by atoms with Gasteiger partial charge in [0.2, 0.25) is 0 Å². The maximum absolute atomic E-state index is 12.8. The molecule has 0 saturated carbocycles. The number of nitrogens with one attached hydrogen (secondary N) is 2. The van der Waals surface area contributed by atoms with Gasteiger partial charge in [-0.05, 0) is 50.9 Å². The van der Waals surface area contributed by atoms with Gasteiger partial charge in [0.15, 0.2) is 0 Å². The number of hydrogen-bond donors (Lipinski definition) is 2. The van der Waals surface area contributed by atoms with E-state index in [1.165, 1.54) is 12.8 Å². The highest BCUT2D eigenvalue weighted by molar-refractivity contribution is 5.98. The third kappa shape index (κ3) is 5.46. The predicted molar refractivity (Wildman–Crippen MR) is 109 cm³/mol. The Bertz CT molecular complexity index is 556. The van der Waals surface area contributed by atoms with Crippen LogP contribution in [0.25, 0.3) is 0 Å². The molecule has 0 aliphatic carbocycles. The number of rotatable bonds is 6. The fourth-order valence-corrected chi connectivity index (χ4v) is 3.75. The molecule has 0 spiro atoms. The molecule has 0 atom stereocenters. The molecule has 6 nitrogen and oxygen atoms in total. The summed E-state index contributed by atoms with van der Waals surface area (Å²) in [4.78, 5) is 19.5. The molecule has 0 bridgehead atoms. The number of hydrogen-bond acceptors (Lipinski definition) is 5. The number of pyridine rings is 1. The molecule has 8 heteroatoms. The lowest BCUT2D eigenvalue weighted by Gasteiger charge is -2.37. The third-order valence-corrected chi connectivity index (χ3v) is 5.18. The minimum Gasteiger partial charge on any atom is -0.384 e. The molecule has 2 saturated heterocycles. The first-order chi connectivity index (χ1) is 11.7. The Morgan fingerprint density at radius 2 is 2.00 bits per heavy atom. The summed E-state index contributed by atoms with van der Waals surface area (Å²) in [6.07, 6.45) is 6.15. The quantitative estimate of drug-likeness (QED) is 0.760. The summed E-state index contributed by atoms with van der Waals surface area (Å²) in [5.41, 5.74) is 0.715. The molecule has 1 aromatic rings. The zero-order chi connectivity index (χ0) is 16.8. The summed E-state index contributed by atoms with van der Waals surface area (Å²) in [6, 6.07) is 3.71. The first-order valence-corrected chi connectivity index (χ1v) is 8.92. The topological polar surface area (TPSA) is 66.5 Å². The smallest absolute Gasteiger partial charge is 0.255 e. The highest BCUT2D eigenvalue weighted by Crippen LogP contribution is 2.29. The molecule has 0 radical (unpaired) electrons. The minimum absolute atomic E-state index is 0. The van der Waals surface area contributed by atoms with Gasteiger partial charge in [0.1, 0.15) is 5.82 Å². The number of carbonyl (C=O) groups excluding carboxylic acids is 1. The lowest BCUT2D eigenvalue weighted by Crippen LogP contribution is -2.47. The van der Waals surface area contributed by atoms with Gasteiger partial charge in [0.25, 0.3) is 5.91 Å². The van der Waals surface area contributed by atoms with Crippen LogP contribution in [0.5, 0.6) is 0 Å². The zero-order valence-corrected chi connectivity index (χ0v) is 17.0. The van der Waals surface area contributed by atoms with E-state index in [1.54, 1.807) is 13.3 Å². The van der Waals surface area contributed by atoms with Crippen molar-refractivity contribution in [3.8, 4) is 0 Å². The Kier molecular flexibility index (Phi) is 9.64. The van der Waals surface area contributed by atoms with E-state index in [0.717, 1.165) is 44.8 Å². The second-order valence-electron chi connectivity index (χ2n) is 6.93. The molecule has 1 amide bonds. The van der Waals surface area contributed by atoms with E-state index in [4.69, 9.17) is 4.74 Å². The molecule has 26 heavy (non-hydrogen) atoms. The second kappa shape index (κ2) is 10.9. The van der Waals surface area contributed by atoms with E-state index >= 15 is 0 Å². The predicted octanol–water partition coefficient (Wildman–Crippen LogP) is 2.27. The van der Waals surface area contributed by atoms with E-state index < -0.39 is 0 Å². The van der Waals surface area contributed by atoms with Crippen LogP contribution in [0.1, 0.15) is 36.0 Å². The Morgan fingerprint density at radius 3 is 2.65 bits per heavy atom. The third-order valence-electron chi connectivity index (χ3n) is 5.18. The van der Waals surface area contributed by atoms with Gasteiger partial charge in [0.05, 0.1) is 12.2 Å². The largest absolute Gasteiger partial charge is 0.384 e. The second-order valence-corrected chi connectivity index (χ2v) is 6.93. The van der Waals surface area contributed by atoms with Crippen LogP contribution in [-0.4, -0.2) is 57.3 Å². The van der Waals surface area contributed by atoms with Crippen molar-refractivity contribution in [2.45, 2.75) is 25.7 Å². The zero-order valence-electron chi connectivity index (χ0n) is 15.3. The average Bonchev–Trinajstić information content (AvgIpc) is 3.15. The molecule has 148 valence electrons. The standard InChI is InChI=1S/C18H28N4O2.2ClH/c1-24-14-18(6-9-19-10-7-18)13-21-17(23)15-5-4-8-20-16(15)22-11-2-3-12-22;;/h4-5,8,19H,2-3,6-7,9-14H2,1H3,(H,21,23);2*1H. The molecular formula is C18H30Cl2N4O2. The molecule has 0 aromatic carbocycles. The molecule has 2 fully saturated rings. The number of carbonyl (C=O) groups is 1. The first kappa shape index (κ1) is 23.0. The van der Waals surface area contributed by atoms with E-state index in [1.807, 2.05) is 12.1 Å². The highest BCUT2D eigenvalue weighted by atomic mass is 35.5. The molecular weight excluding hydrogens is 375 g/mol. The number of ether oxygens (including phenoxy) is 1. The van der Waals surface area contributed by atoms with Gasteiger partial charge in [-0.3, -0.25) is 4.79 Å². The van der Waals surface area contributed by atoms with Crippen molar-refractivity contribution >= 4 is 36.5 Å². The van der Waals surface area contributed by atoms with Crippen molar-refractivity contribution in [2.24, 2.45) is 5.41 Å². The van der Waals surface area contributed by atoms with E-state index in [2.05, 4.69) is 20.5 Å². The number of methoxy groups -OCH3 is 1. The van der Waals surface area contributed by atoms with Crippen molar-refractivity contribution in [3.63, 3.8) is 0 Å². The number of anilines is 1. The molecule has 3 heterocycles. The SMILES string of the molecule is COCC1(CNC(=O)c2cccnc2N2CCCC2)CCNCC1.Cl.Cl. The van der Waals surface area contributed by atoms with Crippen LogP contribution in [0.4, 0.5) is 5.82 Å². The number of nitrogens with zero attached hydrogens (tertiary/aromatic N) is 2. The summed E-state index contributed by atoms with van der Waals surface area (Å²) in [5.74, 6) is 0.789. The van der Waals surface area contributed by atoms with Gasteiger partial charge in [-0.1, -0.05) is 0 Å². The molecule has 0 unspecified atom stereocenters. The minimum atomic E-state index is -0.0287. The van der Waals surface area contributed by atoms with E-state index in [-0.39, 0.29) is 36.1 Å². The highest BCUT2D eigenvalue weighted by Gasteiger charge is 2.33. The van der Waals surface area contributed by atoms with Crippen molar-refractivity contribution in [1.82, 2.24) is 15.6 Å². The van der Waals surface area contributed by atoms with Crippen molar-refractivity contribution in [1.29, 1.82) is 0 Å². The van der Waals surface area contributed by atoms with Gasteiger partial charge in [-0.2, -0.15) is 0 Å². The number of aromatic nitrogens is 1. The van der Waals surface area contributed by atoms with Crippen LogP contribution in [-0.2, 0) is 4.74 Å². The average molecular weight is 405 g/mol. The fraction of sp³-hybridized carbons (Fsp3) is 0.667. The van der Waals surface area contributed by atoms with Crippen molar-refractivity contribution in [3.05, 3.63) is 23.9 Å². The summed E-state index contributed by atoms with van der Waals surface area (Å²) in [6.45, 7) is 5.25. The van der Waals surface area contributed by atoms with Gasteiger partial charge in [-0.25, -0.2) is 4.98 Å². The Labute approximate surface area is 168 Å². The fourth-order valence-electron chi connectivity index (χ4n) is 3.75. The molecule has 2 aliphatic rings. The van der Waals surface area contributed by atoms with E-state index in [0.29, 0.717) is 18.7 Å². The Morgan fingerprint density at radius 1 is 1.31 bits per heavy atom. The van der Waals surface area contributed by atoms with Gasteiger partial charge in [0, 0.05) is 38.4 Å². The van der Waals surface area contributed by atoms with Crippen LogP contribution in [0.3, 0.4) is 0 Å². The van der Waals surface area contributed by atoms with Crippen LogP contribution in [0.15, 0.2) is 18.3 Å². The van der Waals surface area contributed by atoms with Crippen molar-refractivity contribution < 1.29 is 9.53 Å². The molecule has 3 rings (SSSR count). The summed E-state index contributed by atoms with van der Waals surface area (Å²) in [7, 11) is 1.73. The molecule has 2 N–H and O–H groups in total. The van der Waals surface area contributed by atoms with Gasteiger partial charge >= 0.3 is 0 Å². The van der Waals surface area contributed by atoms with Gasteiger partial charge in [-0.15, -0.1) is 24.8 Å². The van der Waals surface area contributed by atoms with Gasteiger partial charge < -0.3 is 20.3 Å². The maximum Gasteiger partial charge on any atom is 0.255 e. The number of piperidine rings is 1. The van der Waals surface area contributed by atoms with Crippen LogP contribution >= 0.6 is 24.8 Å². The Balaban J connectivity index is 0.00000169. The Hall–Kier alpha value is -1.08. The van der Waals surface area contributed by atoms with Crippen molar-refractivity contribution in [2.75, 3.05) is 51.3 Å². The lowest BCUT2D eigenvalue weighted by atomic mass is 9.79. The summed E-state index contributed by atoms with van der Waals surface area (Å²) < 4.78 is 5.43. The maximum atomic E-state index is 12.8. The normalized spacial score (nSPS) is 18.6. The first-order valence-electron chi connectivity index (χ1n) is 8.92. The molecule has 1 aromatic heterocycles. The summed E-state index contributed by atoms with van der Waals surface area (Å²) in [5, 5.41) is 6.52. The van der Waals surface area contributed by atoms with Crippen LogP contribution in [0.2, 0.25) is 0 Å². The monoisotopic (exact) mass is 404 g/mol.